The van der Waals surface area contributed by atoms with E-state index in [9.17, 15) is 0 Å². The molecule has 0 N–H and O–H groups in total. The Kier molecular flexibility index (Phi) is 2.69. The van der Waals surface area contributed by atoms with E-state index < -0.39 is 9.28 Å². The summed E-state index contributed by atoms with van der Waals surface area (Å²) in [4.78, 5) is 0. The van der Waals surface area contributed by atoms with Crippen LogP contribution in [-0.2, 0) is 8.85 Å². The van der Waals surface area contributed by atoms with Gasteiger partial charge in [0.2, 0.25) is 0 Å². The minimum atomic E-state index is -1.04. The second kappa shape index (κ2) is 4.06. The van der Waals surface area contributed by atoms with Gasteiger partial charge in [-0.05, 0) is 82.6 Å². The first kappa shape index (κ1) is 11.9. The molecule has 0 amide bonds. The van der Waals surface area contributed by atoms with E-state index in [1.165, 1.54) is 64.2 Å². The standard InChI is InChI=1S/C15H25O2Si/c1-18(16-14-6-2-12(10-14)3-7-14)17-15-8-4-13(11-15)5-9-15/h12-13H,2-11H2,1H3. The van der Waals surface area contributed by atoms with Gasteiger partial charge in [0.05, 0.1) is 11.2 Å². The van der Waals surface area contributed by atoms with Gasteiger partial charge in [0, 0.05) is 0 Å². The Morgan fingerprint density at radius 2 is 1.17 bits per heavy atom. The van der Waals surface area contributed by atoms with Gasteiger partial charge in [-0.3, -0.25) is 0 Å². The highest BCUT2D eigenvalue weighted by atomic mass is 28.3. The van der Waals surface area contributed by atoms with Crippen molar-refractivity contribution in [3.05, 3.63) is 0 Å². The zero-order valence-corrected chi connectivity index (χ0v) is 12.5. The Morgan fingerprint density at radius 3 is 1.44 bits per heavy atom. The van der Waals surface area contributed by atoms with Crippen LogP contribution in [0.2, 0.25) is 6.55 Å². The average Bonchev–Trinajstić information content (AvgIpc) is 3.06. The molecule has 1 radical (unpaired) electrons. The highest BCUT2D eigenvalue weighted by molar-refractivity contribution is 6.42. The molecule has 2 nitrogen and oxygen atoms in total. The fourth-order valence-electron chi connectivity index (χ4n) is 5.19. The van der Waals surface area contributed by atoms with Crippen LogP contribution in [-0.4, -0.2) is 20.5 Å². The van der Waals surface area contributed by atoms with Gasteiger partial charge in [0.1, 0.15) is 0 Å². The Balaban J connectivity index is 1.38. The maximum atomic E-state index is 6.48. The van der Waals surface area contributed by atoms with E-state index in [1.807, 2.05) is 0 Å². The number of hydrogen-bond donors (Lipinski definition) is 0. The van der Waals surface area contributed by atoms with Gasteiger partial charge in [-0.25, -0.2) is 0 Å². The molecule has 0 saturated heterocycles. The third-order valence-corrected chi connectivity index (χ3v) is 7.52. The van der Waals surface area contributed by atoms with Crippen molar-refractivity contribution in [3.8, 4) is 0 Å². The predicted molar refractivity (Wildman–Crippen MR) is 72.4 cm³/mol. The minimum Gasteiger partial charge on any atom is -0.388 e. The zero-order valence-electron chi connectivity index (χ0n) is 11.5. The first-order valence-corrected chi connectivity index (χ1v) is 9.70. The van der Waals surface area contributed by atoms with Gasteiger partial charge in [-0.15, -0.1) is 0 Å². The maximum Gasteiger partial charge on any atom is 0.382 e. The third kappa shape index (κ3) is 1.90. The van der Waals surface area contributed by atoms with Gasteiger partial charge in [0.25, 0.3) is 0 Å². The van der Waals surface area contributed by atoms with Crippen molar-refractivity contribution < 1.29 is 8.85 Å². The maximum absolute atomic E-state index is 6.48. The molecule has 0 aromatic carbocycles. The summed E-state index contributed by atoms with van der Waals surface area (Å²) in [5.74, 6) is 1.95. The lowest BCUT2D eigenvalue weighted by molar-refractivity contribution is -0.00394. The lowest BCUT2D eigenvalue weighted by atomic mass is 9.98. The van der Waals surface area contributed by atoms with Gasteiger partial charge < -0.3 is 8.85 Å². The van der Waals surface area contributed by atoms with Crippen molar-refractivity contribution in [2.24, 2.45) is 11.8 Å². The van der Waals surface area contributed by atoms with Crippen LogP contribution < -0.4 is 0 Å². The van der Waals surface area contributed by atoms with Crippen molar-refractivity contribution >= 4 is 9.28 Å². The molecule has 4 saturated carbocycles. The summed E-state index contributed by atoms with van der Waals surface area (Å²) < 4.78 is 13.0. The molecule has 0 atom stereocenters. The molecule has 4 aliphatic carbocycles. The fourth-order valence-corrected chi connectivity index (χ4v) is 7.03. The van der Waals surface area contributed by atoms with E-state index in [0.717, 1.165) is 11.8 Å². The van der Waals surface area contributed by atoms with Crippen molar-refractivity contribution in [3.63, 3.8) is 0 Å². The summed E-state index contributed by atoms with van der Waals surface area (Å²) in [6.45, 7) is 2.24. The van der Waals surface area contributed by atoms with E-state index in [1.54, 1.807) is 0 Å². The molecule has 0 aromatic rings. The molecule has 3 heteroatoms. The van der Waals surface area contributed by atoms with Gasteiger partial charge in [-0.1, -0.05) is 0 Å². The van der Waals surface area contributed by atoms with Gasteiger partial charge in [-0.2, -0.15) is 0 Å². The van der Waals surface area contributed by atoms with E-state index >= 15 is 0 Å². The first-order valence-electron chi connectivity index (χ1n) is 7.89. The van der Waals surface area contributed by atoms with Gasteiger partial charge >= 0.3 is 9.28 Å². The van der Waals surface area contributed by atoms with Gasteiger partial charge in [0.15, 0.2) is 0 Å². The van der Waals surface area contributed by atoms with Crippen LogP contribution in [0.3, 0.4) is 0 Å². The Bertz CT molecular complexity index is 295. The first-order chi connectivity index (χ1) is 8.67. The smallest absolute Gasteiger partial charge is 0.382 e. The predicted octanol–water partition coefficient (Wildman–Crippen LogP) is 3.80. The van der Waals surface area contributed by atoms with Crippen LogP contribution >= 0.6 is 0 Å². The lowest BCUT2D eigenvalue weighted by Crippen LogP contribution is -2.41. The average molecular weight is 265 g/mol. The van der Waals surface area contributed by atoms with E-state index in [-0.39, 0.29) is 11.2 Å². The second-order valence-corrected chi connectivity index (χ2v) is 8.75. The Morgan fingerprint density at radius 1 is 0.778 bits per heavy atom. The molecular weight excluding hydrogens is 240 g/mol. The number of rotatable bonds is 4. The van der Waals surface area contributed by atoms with Crippen LogP contribution in [0.5, 0.6) is 0 Å². The summed E-state index contributed by atoms with van der Waals surface area (Å²) in [5.41, 5.74) is 0.502. The minimum absolute atomic E-state index is 0.251. The summed E-state index contributed by atoms with van der Waals surface area (Å²) in [6.07, 6.45) is 13.5. The second-order valence-electron chi connectivity index (χ2n) is 7.36. The quantitative estimate of drug-likeness (QED) is 0.720. The van der Waals surface area contributed by atoms with Crippen LogP contribution in [0.25, 0.3) is 0 Å². The lowest BCUT2D eigenvalue weighted by Gasteiger charge is -2.35. The molecule has 4 bridgehead atoms. The SMILES string of the molecule is C[Si](OC12CCC(CC1)C2)OC12CCC(CC1)C2. The molecule has 0 aliphatic heterocycles. The number of hydrogen-bond acceptors (Lipinski definition) is 2. The molecule has 4 fully saturated rings. The monoisotopic (exact) mass is 265 g/mol. The topological polar surface area (TPSA) is 18.5 Å². The summed E-state index contributed by atoms with van der Waals surface area (Å²) >= 11 is 0. The highest BCUT2D eigenvalue weighted by Gasteiger charge is 2.50. The van der Waals surface area contributed by atoms with Crippen molar-refractivity contribution in [1.29, 1.82) is 0 Å². The third-order valence-electron chi connectivity index (χ3n) is 6.07. The number of fused-ring (bicyclic) bond motifs is 4. The molecular formula is C15H25O2Si. The fraction of sp³-hybridized carbons (Fsp3) is 1.00. The Labute approximate surface area is 112 Å². The van der Waals surface area contributed by atoms with Crippen molar-refractivity contribution in [1.82, 2.24) is 0 Å². The molecule has 18 heavy (non-hydrogen) atoms. The van der Waals surface area contributed by atoms with E-state index in [0.29, 0.717) is 0 Å². The van der Waals surface area contributed by atoms with Crippen LogP contribution in [0, 0.1) is 11.8 Å². The summed E-state index contributed by atoms with van der Waals surface area (Å²) in [6, 6.07) is 0. The normalized spacial score (nSPS) is 49.7. The Hall–Kier alpha value is 0.137. The summed E-state index contributed by atoms with van der Waals surface area (Å²) in [5, 5.41) is 0. The summed E-state index contributed by atoms with van der Waals surface area (Å²) in [7, 11) is -1.04. The molecule has 4 aliphatic rings. The molecule has 0 aromatic heterocycles. The molecule has 4 rings (SSSR count). The van der Waals surface area contributed by atoms with Crippen LogP contribution in [0.1, 0.15) is 64.2 Å². The molecule has 101 valence electrons. The van der Waals surface area contributed by atoms with Crippen molar-refractivity contribution in [2.75, 3.05) is 0 Å². The highest BCUT2D eigenvalue weighted by Crippen LogP contribution is 2.52. The molecule has 0 heterocycles. The molecule has 0 spiro atoms. The largest absolute Gasteiger partial charge is 0.388 e. The van der Waals surface area contributed by atoms with E-state index in [4.69, 9.17) is 8.85 Å². The van der Waals surface area contributed by atoms with Crippen LogP contribution in [0.4, 0.5) is 0 Å². The van der Waals surface area contributed by atoms with Crippen LogP contribution in [0.15, 0.2) is 0 Å². The molecule has 0 unspecified atom stereocenters. The van der Waals surface area contributed by atoms with Crippen molar-refractivity contribution in [2.45, 2.75) is 82.0 Å². The zero-order chi connectivity index (χ0) is 12.2. The van der Waals surface area contributed by atoms with E-state index in [2.05, 4.69) is 6.55 Å².